The number of halogens is 1. The van der Waals surface area contributed by atoms with Gasteiger partial charge in [0, 0.05) is 55.7 Å². The Morgan fingerprint density at radius 1 is 1.00 bits per heavy atom. The number of amides is 2. The van der Waals surface area contributed by atoms with Gasteiger partial charge in [-0.05, 0) is 49.9 Å². The number of likely N-dealkylation sites (N-methyl/N-ethyl adjacent to an activating group) is 1. The Balaban J connectivity index is 1.45. The van der Waals surface area contributed by atoms with E-state index < -0.39 is 11.7 Å². The number of rotatable bonds is 6. The quantitative estimate of drug-likeness (QED) is 0.588. The van der Waals surface area contributed by atoms with E-state index >= 15 is 0 Å². The molecule has 0 aliphatic carbocycles. The highest BCUT2D eigenvalue weighted by Gasteiger charge is 2.19. The lowest BCUT2D eigenvalue weighted by Gasteiger charge is -2.34. The molecule has 4 rings (SSSR count). The molecule has 0 radical (unpaired) electrons. The standard InChI is InChI=1S/C26H28FN5O2/c1-18-9-10-19(16-23(18)30-26(34)21-7-3-4-8-22(21)27)25(33)29-17-20-6-5-11-28-24(20)32-14-12-31(2)13-15-32/h3-11,16H,12-15,17H2,1-2H3,(H,29,33)(H,30,34). The summed E-state index contributed by atoms with van der Waals surface area (Å²) >= 11 is 0. The Bertz CT molecular complexity index is 1190. The van der Waals surface area contributed by atoms with Crippen molar-refractivity contribution in [2.45, 2.75) is 13.5 Å². The fraction of sp³-hybridized carbons (Fsp3) is 0.269. The summed E-state index contributed by atoms with van der Waals surface area (Å²) in [5.74, 6) is -0.544. The molecular weight excluding hydrogens is 433 g/mol. The maximum absolute atomic E-state index is 14.0. The van der Waals surface area contributed by atoms with Crippen molar-refractivity contribution in [2.75, 3.05) is 43.4 Å². The largest absolute Gasteiger partial charge is 0.354 e. The first-order valence-electron chi connectivity index (χ1n) is 11.2. The molecule has 3 aromatic rings. The van der Waals surface area contributed by atoms with Crippen molar-refractivity contribution in [1.29, 1.82) is 0 Å². The third-order valence-electron chi connectivity index (χ3n) is 5.98. The van der Waals surface area contributed by atoms with Crippen LogP contribution in [-0.2, 0) is 6.54 Å². The number of nitrogens with one attached hydrogen (secondary N) is 2. The Hall–Kier alpha value is -3.78. The van der Waals surface area contributed by atoms with Gasteiger partial charge in [0.1, 0.15) is 11.6 Å². The second kappa shape index (κ2) is 10.4. The van der Waals surface area contributed by atoms with E-state index in [1.165, 1.54) is 18.2 Å². The lowest BCUT2D eigenvalue weighted by Crippen LogP contribution is -2.45. The molecular formula is C26H28FN5O2. The van der Waals surface area contributed by atoms with Crippen LogP contribution in [-0.4, -0.2) is 54.9 Å². The van der Waals surface area contributed by atoms with E-state index in [1.807, 2.05) is 19.1 Å². The molecule has 8 heteroatoms. The van der Waals surface area contributed by atoms with E-state index in [1.54, 1.807) is 30.5 Å². The molecule has 2 N–H and O–H groups in total. The molecule has 1 aromatic heterocycles. The highest BCUT2D eigenvalue weighted by atomic mass is 19.1. The maximum atomic E-state index is 14.0. The molecule has 0 bridgehead atoms. The fourth-order valence-corrected chi connectivity index (χ4v) is 3.88. The number of nitrogens with zero attached hydrogens (tertiary/aromatic N) is 3. The zero-order chi connectivity index (χ0) is 24.1. The van der Waals surface area contributed by atoms with Crippen molar-refractivity contribution in [3.05, 3.63) is 88.9 Å². The third-order valence-corrected chi connectivity index (χ3v) is 5.98. The van der Waals surface area contributed by atoms with Gasteiger partial charge < -0.3 is 20.4 Å². The molecule has 7 nitrogen and oxygen atoms in total. The fourth-order valence-electron chi connectivity index (χ4n) is 3.88. The normalized spacial score (nSPS) is 14.0. The van der Waals surface area contributed by atoms with E-state index in [4.69, 9.17) is 0 Å². The minimum Gasteiger partial charge on any atom is -0.354 e. The van der Waals surface area contributed by atoms with Crippen LogP contribution in [0.2, 0.25) is 0 Å². The molecule has 2 aromatic carbocycles. The second-order valence-corrected chi connectivity index (χ2v) is 8.42. The van der Waals surface area contributed by atoms with Gasteiger partial charge in [0.25, 0.3) is 11.8 Å². The number of aryl methyl sites for hydroxylation is 1. The van der Waals surface area contributed by atoms with Crippen LogP contribution < -0.4 is 15.5 Å². The second-order valence-electron chi connectivity index (χ2n) is 8.42. The summed E-state index contributed by atoms with van der Waals surface area (Å²) in [6.07, 6.45) is 1.77. The first-order chi connectivity index (χ1) is 16.4. The molecule has 1 aliphatic heterocycles. The van der Waals surface area contributed by atoms with Gasteiger partial charge >= 0.3 is 0 Å². The summed E-state index contributed by atoms with van der Waals surface area (Å²) in [5, 5.41) is 5.67. The molecule has 0 unspecified atom stereocenters. The average molecular weight is 462 g/mol. The summed E-state index contributed by atoms with van der Waals surface area (Å²) in [5.41, 5.74) is 2.52. The van der Waals surface area contributed by atoms with Crippen LogP contribution in [0.25, 0.3) is 0 Å². The van der Waals surface area contributed by atoms with Gasteiger partial charge in [-0.3, -0.25) is 9.59 Å². The topological polar surface area (TPSA) is 77.6 Å². The van der Waals surface area contributed by atoms with Crippen LogP contribution in [0.4, 0.5) is 15.9 Å². The number of hydrogen-bond donors (Lipinski definition) is 2. The predicted octanol–water partition coefficient (Wildman–Crippen LogP) is 3.46. The molecule has 2 heterocycles. The minimum atomic E-state index is -0.598. The van der Waals surface area contributed by atoms with Crippen molar-refractivity contribution in [3.8, 4) is 0 Å². The van der Waals surface area contributed by atoms with Gasteiger partial charge in [-0.2, -0.15) is 0 Å². The smallest absolute Gasteiger partial charge is 0.258 e. The van der Waals surface area contributed by atoms with E-state index in [0.29, 0.717) is 17.8 Å². The average Bonchev–Trinajstić information content (AvgIpc) is 2.85. The molecule has 176 valence electrons. The van der Waals surface area contributed by atoms with Gasteiger partial charge in [0.05, 0.1) is 5.56 Å². The Morgan fingerprint density at radius 2 is 1.76 bits per heavy atom. The Kier molecular flexibility index (Phi) is 7.18. The Labute approximate surface area is 198 Å². The lowest BCUT2D eigenvalue weighted by atomic mass is 10.1. The van der Waals surface area contributed by atoms with Crippen LogP contribution in [0.15, 0.2) is 60.8 Å². The molecule has 2 amide bonds. The number of piperazine rings is 1. The van der Waals surface area contributed by atoms with Crippen molar-refractivity contribution in [3.63, 3.8) is 0 Å². The number of carbonyl (C=O) groups is 2. The van der Waals surface area contributed by atoms with Crippen molar-refractivity contribution < 1.29 is 14.0 Å². The van der Waals surface area contributed by atoms with Crippen LogP contribution in [0, 0.1) is 12.7 Å². The molecule has 0 spiro atoms. The van der Waals surface area contributed by atoms with Gasteiger partial charge in [-0.15, -0.1) is 0 Å². The van der Waals surface area contributed by atoms with Crippen molar-refractivity contribution in [1.82, 2.24) is 15.2 Å². The monoisotopic (exact) mass is 461 g/mol. The number of anilines is 2. The summed E-state index contributed by atoms with van der Waals surface area (Å²) in [7, 11) is 2.10. The SMILES string of the molecule is Cc1ccc(C(=O)NCc2cccnc2N2CCN(C)CC2)cc1NC(=O)c1ccccc1F. The number of aromatic nitrogens is 1. The maximum Gasteiger partial charge on any atom is 0.258 e. The zero-order valence-electron chi connectivity index (χ0n) is 19.3. The summed E-state index contributed by atoms with van der Waals surface area (Å²) < 4.78 is 14.0. The van der Waals surface area contributed by atoms with Crippen LogP contribution >= 0.6 is 0 Å². The van der Waals surface area contributed by atoms with Gasteiger partial charge in [0.2, 0.25) is 0 Å². The summed E-state index contributed by atoms with van der Waals surface area (Å²) in [6, 6.07) is 14.7. The van der Waals surface area contributed by atoms with E-state index in [0.717, 1.165) is 43.1 Å². The van der Waals surface area contributed by atoms with E-state index in [2.05, 4.69) is 32.5 Å². The van der Waals surface area contributed by atoms with Crippen LogP contribution in [0.1, 0.15) is 31.8 Å². The van der Waals surface area contributed by atoms with E-state index in [9.17, 15) is 14.0 Å². The summed E-state index contributed by atoms with van der Waals surface area (Å²) in [6.45, 7) is 5.85. The number of carbonyl (C=O) groups excluding carboxylic acids is 2. The molecule has 1 aliphatic rings. The van der Waals surface area contributed by atoms with Crippen LogP contribution in [0.5, 0.6) is 0 Å². The van der Waals surface area contributed by atoms with Gasteiger partial charge in [-0.25, -0.2) is 9.37 Å². The van der Waals surface area contributed by atoms with Gasteiger partial charge in [0.15, 0.2) is 0 Å². The number of benzene rings is 2. The molecule has 1 fully saturated rings. The predicted molar refractivity (Wildman–Crippen MR) is 131 cm³/mol. The molecule has 0 saturated carbocycles. The third kappa shape index (κ3) is 5.40. The lowest BCUT2D eigenvalue weighted by molar-refractivity contribution is 0.0949. The zero-order valence-corrected chi connectivity index (χ0v) is 19.3. The number of hydrogen-bond acceptors (Lipinski definition) is 5. The first kappa shape index (κ1) is 23.4. The highest BCUT2D eigenvalue weighted by molar-refractivity contribution is 6.05. The molecule has 34 heavy (non-hydrogen) atoms. The highest BCUT2D eigenvalue weighted by Crippen LogP contribution is 2.21. The van der Waals surface area contributed by atoms with Crippen molar-refractivity contribution >= 4 is 23.3 Å². The Morgan fingerprint density at radius 3 is 2.53 bits per heavy atom. The van der Waals surface area contributed by atoms with Gasteiger partial charge in [-0.1, -0.05) is 24.3 Å². The number of pyridine rings is 1. The van der Waals surface area contributed by atoms with E-state index in [-0.39, 0.29) is 11.5 Å². The summed E-state index contributed by atoms with van der Waals surface area (Å²) in [4.78, 5) is 34.5. The van der Waals surface area contributed by atoms with Crippen molar-refractivity contribution in [2.24, 2.45) is 0 Å². The first-order valence-corrected chi connectivity index (χ1v) is 11.2. The molecule has 0 atom stereocenters. The van der Waals surface area contributed by atoms with Crippen LogP contribution in [0.3, 0.4) is 0 Å². The molecule has 1 saturated heterocycles. The minimum absolute atomic E-state index is 0.0511.